The summed E-state index contributed by atoms with van der Waals surface area (Å²) in [6, 6.07) is 0. The molecule has 1 aliphatic rings. The maximum Gasteiger partial charge on any atom is 0.335 e. The molecule has 0 aliphatic carbocycles. The maximum absolute atomic E-state index is 10.4. The number of aliphatic carboxylic acids is 1. The highest BCUT2D eigenvalue weighted by molar-refractivity contribution is 5.73. The molecule has 0 aromatic rings. The second-order valence-corrected chi connectivity index (χ2v) is 2.96. The number of ether oxygens (including phenoxy) is 1. The Hall–Kier alpha value is -0.650. The van der Waals surface area contributed by atoms with Gasteiger partial charge in [-0.3, -0.25) is 0 Å². The van der Waals surface area contributed by atoms with Crippen LogP contribution in [-0.4, -0.2) is 46.2 Å². The van der Waals surface area contributed by atoms with E-state index < -0.39 is 17.7 Å². The molecule has 5 nitrogen and oxygen atoms in total. The van der Waals surface area contributed by atoms with Crippen LogP contribution >= 0.6 is 0 Å². The average molecular weight is 176 g/mol. The number of carbonyl (C=O) groups is 1. The van der Waals surface area contributed by atoms with Crippen LogP contribution in [0.3, 0.4) is 0 Å². The SMILES string of the molecule is O=C(O)C(O)C1(O)CCOCC1. The summed E-state index contributed by atoms with van der Waals surface area (Å²) in [6.45, 7) is 0.585. The molecule has 0 bridgehead atoms. The van der Waals surface area contributed by atoms with Crippen molar-refractivity contribution >= 4 is 5.97 Å². The molecule has 70 valence electrons. The predicted molar refractivity (Wildman–Crippen MR) is 38.6 cm³/mol. The van der Waals surface area contributed by atoms with Gasteiger partial charge in [0.2, 0.25) is 0 Å². The first kappa shape index (κ1) is 9.44. The van der Waals surface area contributed by atoms with Crippen LogP contribution in [0, 0.1) is 0 Å². The molecule has 0 aromatic carbocycles. The Balaban J connectivity index is 2.62. The normalized spacial score (nSPS) is 24.8. The third kappa shape index (κ3) is 1.74. The first-order valence-electron chi connectivity index (χ1n) is 3.77. The fourth-order valence-corrected chi connectivity index (χ4v) is 1.23. The van der Waals surface area contributed by atoms with Crippen molar-refractivity contribution in [2.45, 2.75) is 24.5 Å². The van der Waals surface area contributed by atoms with E-state index >= 15 is 0 Å². The van der Waals surface area contributed by atoms with Crippen molar-refractivity contribution in [3.63, 3.8) is 0 Å². The minimum atomic E-state index is -1.71. The van der Waals surface area contributed by atoms with Gasteiger partial charge in [-0.2, -0.15) is 0 Å². The lowest BCUT2D eigenvalue weighted by molar-refractivity contribution is -0.174. The van der Waals surface area contributed by atoms with Gasteiger partial charge in [-0.1, -0.05) is 0 Å². The molecule has 0 spiro atoms. The maximum atomic E-state index is 10.4. The smallest absolute Gasteiger partial charge is 0.335 e. The number of hydrogen-bond acceptors (Lipinski definition) is 4. The Morgan fingerprint density at radius 1 is 1.42 bits per heavy atom. The molecular formula is C7H12O5. The highest BCUT2D eigenvalue weighted by Gasteiger charge is 2.41. The summed E-state index contributed by atoms with van der Waals surface area (Å²) in [5.41, 5.74) is -1.51. The lowest BCUT2D eigenvalue weighted by Gasteiger charge is -2.33. The molecule has 1 aliphatic heterocycles. The van der Waals surface area contributed by atoms with Crippen molar-refractivity contribution < 1.29 is 24.9 Å². The highest BCUT2D eigenvalue weighted by atomic mass is 16.5. The fourth-order valence-electron chi connectivity index (χ4n) is 1.23. The lowest BCUT2D eigenvalue weighted by Crippen LogP contribution is -2.50. The Morgan fingerprint density at radius 3 is 2.33 bits per heavy atom. The molecule has 0 amide bonds. The molecule has 1 atom stereocenters. The van der Waals surface area contributed by atoms with E-state index in [1.54, 1.807) is 0 Å². The zero-order valence-electron chi connectivity index (χ0n) is 6.56. The van der Waals surface area contributed by atoms with Gasteiger partial charge in [-0.05, 0) is 0 Å². The Labute approximate surface area is 69.6 Å². The van der Waals surface area contributed by atoms with Gasteiger partial charge >= 0.3 is 5.97 Å². The lowest BCUT2D eigenvalue weighted by atomic mass is 9.88. The van der Waals surface area contributed by atoms with Crippen LogP contribution in [0.1, 0.15) is 12.8 Å². The third-order valence-electron chi connectivity index (χ3n) is 2.10. The van der Waals surface area contributed by atoms with E-state index in [0.29, 0.717) is 13.2 Å². The Bertz CT molecular complexity index is 173. The summed E-state index contributed by atoms with van der Waals surface area (Å²) in [4.78, 5) is 10.4. The van der Waals surface area contributed by atoms with E-state index in [1.807, 2.05) is 0 Å². The van der Waals surface area contributed by atoms with E-state index in [9.17, 15) is 9.90 Å². The molecule has 1 rings (SSSR count). The van der Waals surface area contributed by atoms with E-state index in [4.69, 9.17) is 14.9 Å². The van der Waals surface area contributed by atoms with Gasteiger partial charge in [-0.25, -0.2) is 4.79 Å². The average Bonchev–Trinajstić information content (AvgIpc) is 2.04. The number of carboxylic acid groups (broad SMARTS) is 1. The second kappa shape index (κ2) is 3.38. The number of hydrogen-bond donors (Lipinski definition) is 3. The zero-order valence-corrected chi connectivity index (χ0v) is 6.56. The van der Waals surface area contributed by atoms with Gasteiger partial charge in [-0.15, -0.1) is 0 Å². The minimum absolute atomic E-state index is 0.167. The van der Waals surface area contributed by atoms with E-state index in [0.717, 1.165) is 0 Å². The summed E-state index contributed by atoms with van der Waals surface area (Å²) in [7, 11) is 0. The van der Waals surface area contributed by atoms with Crippen LogP contribution < -0.4 is 0 Å². The number of aliphatic hydroxyl groups excluding tert-OH is 1. The fraction of sp³-hybridized carbons (Fsp3) is 0.857. The quantitative estimate of drug-likeness (QED) is 0.501. The summed E-state index contributed by atoms with van der Waals surface area (Å²) in [5.74, 6) is -1.39. The van der Waals surface area contributed by atoms with Crippen LogP contribution in [0.5, 0.6) is 0 Å². The van der Waals surface area contributed by atoms with Crippen LogP contribution in [0.4, 0.5) is 0 Å². The number of aliphatic hydroxyl groups is 2. The molecule has 12 heavy (non-hydrogen) atoms. The van der Waals surface area contributed by atoms with Gasteiger partial charge in [0.25, 0.3) is 0 Å². The topological polar surface area (TPSA) is 87.0 Å². The number of carboxylic acids is 1. The van der Waals surface area contributed by atoms with E-state index in [1.165, 1.54) is 0 Å². The van der Waals surface area contributed by atoms with Crippen molar-refractivity contribution in [3.8, 4) is 0 Å². The van der Waals surface area contributed by atoms with Gasteiger partial charge in [0, 0.05) is 26.1 Å². The predicted octanol–water partition coefficient (Wildman–Crippen LogP) is -1.03. The molecule has 1 unspecified atom stereocenters. The molecule has 0 aromatic heterocycles. The van der Waals surface area contributed by atoms with Gasteiger partial charge in [0.1, 0.15) is 5.60 Å². The molecule has 0 radical (unpaired) electrons. The van der Waals surface area contributed by atoms with Crippen molar-refractivity contribution in [1.29, 1.82) is 0 Å². The van der Waals surface area contributed by atoms with E-state index in [-0.39, 0.29) is 12.8 Å². The van der Waals surface area contributed by atoms with Crippen molar-refractivity contribution in [1.82, 2.24) is 0 Å². The summed E-state index contributed by atoms with van der Waals surface area (Å²) >= 11 is 0. The molecular weight excluding hydrogens is 164 g/mol. The summed E-state index contributed by atoms with van der Waals surface area (Å²) in [6.07, 6.45) is -1.37. The van der Waals surface area contributed by atoms with Gasteiger partial charge in [0.05, 0.1) is 0 Å². The highest BCUT2D eigenvalue weighted by Crippen LogP contribution is 2.24. The van der Waals surface area contributed by atoms with Crippen LogP contribution in [0.2, 0.25) is 0 Å². The van der Waals surface area contributed by atoms with Crippen LogP contribution in [0.15, 0.2) is 0 Å². The zero-order chi connectivity index (χ0) is 9.19. The third-order valence-corrected chi connectivity index (χ3v) is 2.10. The van der Waals surface area contributed by atoms with Crippen LogP contribution in [-0.2, 0) is 9.53 Å². The standard InChI is InChI=1S/C7H12O5/c8-5(6(9)10)7(11)1-3-12-4-2-7/h5,8,11H,1-4H2,(H,9,10). The van der Waals surface area contributed by atoms with Gasteiger partial charge < -0.3 is 20.1 Å². The molecule has 0 saturated carbocycles. The number of rotatable bonds is 2. The summed E-state index contributed by atoms with van der Waals surface area (Å²) in [5, 5.41) is 27.2. The first-order chi connectivity index (χ1) is 5.56. The molecule has 1 heterocycles. The first-order valence-corrected chi connectivity index (χ1v) is 3.77. The molecule has 3 N–H and O–H groups in total. The van der Waals surface area contributed by atoms with Crippen LogP contribution in [0.25, 0.3) is 0 Å². The second-order valence-electron chi connectivity index (χ2n) is 2.96. The Morgan fingerprint density at radius 2 is 1.92 bits per heavy atom. The van der Waals surface area contributed by atoms with Crippen molar-refractivity contribution in [2.24, 2.45) is 0 Å². The van der Waals surface area contributed by atoms with Crippen molar-refractivity contribution in [3.05, 3.63) is 0 Å². The summed E-state index contributed by atoms with van der Waals surface area (Å²) < 4.78 is 4.93. The minimum Gasteiger partial charge on any atom is -0.479 e. The van der Waals surface area contributed by atoms with Gasteiger partial charge in [0.15, 0.2) is 6.10 Å². The molecule has 1 saturated heterocycles. The molecule has 5 heteroatoms. The van der Waals surface area contributed by atoms with E-state index in [2.05, 4.69) is 0 Å². The Kier molecular flexibility index (Phi) is 2.66. The largest absolute Gasteiger partial charge is 0.479 e. The molecule has 1 fully saturated rings. The van der Waals surface area contributed by atoms with Crippen molar-refractivity contribution in [2.75, 3.05) is 13.2 Å². The monoisotopic (exact) mass is 176 g/mol.